The summed E-state index contributed by atoms with van der Waals surface area (Å²) >= 11 is 0. The third-order valence-corrected chi connectivity index (χ3v) is 3.47. The second kappa shape index (κ2) is 5.55. The molecular formula is C16H11F3O3. The molecule has 1 heterocycles. The highest BCUT2D eigenvalue weighted by molar-refractivity contribution is 6.00. The van der Waals surface area contributed by atoms with Crippen LogP contribution >= 0.6 is 0 Å². The Morgan fingerprint density at radius 3 is 2.41 bits per heavy atom. The van der Waals surface area contributed by atoms with Crippen LogP contribution in [0.4, 0.5) is 13.2 Å². The molecule has 0 aliphatic carbocycles. The molecule has 0 radical (unpaired) electrons. The Kier molecular flexibility index (Phi) is 3.72. The van der Waals surface area contributed by atoms with Gasteiger partial charge in [0.25, 0.3) is 0 Å². The van der Waals surface area contributed by atoms with Crippen LogP contribution in [0.2, 0.25) is 0 Å². The van der Waals surface area contributed by atoms with Crippen LogP contribution in [0.5, 0.6) is 0 Å². The molecule has 2 aromatic rings. The van der Waals surface area contributed by atoms with E-state index in [4.69, 9.17) is 4.74 Å². The van der Waals surface area contributed by atoms with Gasteiger partial charge < -0.3 is 9.84 Å². The van der Waals surface area contributed by atoms with Crippen molar-refractivity contribution >= 4 is 5.78 Å². The smallest absolute Gasteiger partial charge is 0.198 e. The lowest BCUT2D eigenvalue weighted by atomic mass is 9.96. The average molecular weight is 308 g/mol. The molecule has 0 spiro atoms. The van der Waals surface area contributed by atoms with Gasteiger partial charge >= 0.3 is 0 Å². The second-order valence-corrected chi connectivity index (χ2v) is 4.95. The van der Waals surface area contributed by atoms with E-state index in [1.54, 1.807) is 18.2 Å². The number of rotatable bonds is 4. The number of carbonyl (C=O) groups is 1. The Bertz CT molecular complexity index is 727. The summed E-state index contributed by atoms with van der Waals surface area (Å²) in [6.07, 6.45) is -2.55. The number of benzene rings is 2. The zero-order valence-electron chi connectivity index (χ0n) is 11.2. The molecule has 1 fully saturated rings. The van der Waals surface area contributed by atoms with E-state index in [1.807, 2.05) is 0 Å². The molecule has 1 unspecified atom stereocenters. The highest BCUT2D eigenvalue weighted by Gasteiger charge is 2.36. The summed E-state index contributed by atoms with van der Waals surface area (Å²) in [6.45, 7) is 0.0617. The highest BCUT2D eigenvalue weighted by Crippen LogP contribution is 2.36. The van der Waals surface area contributed by atoms with Crippen LogP contribution in [0.15, 0.2) is 36.4 Å². The van der Waals surface area contributed by atoms with E-state index in [0.717, 1.165) is 0 Å². The molecule has 0 bridgehead atoms. The molecule has 3 rings (SSSR count). The highest BCUT2D eigenvalue weighted by atomic mass is 19.2. The minimum atomic E-state index is -1.66. The summed E-state index contributed by atoms with van der Waals surface area (Å²) in [6, 6.07) is 8.29. The molecule has 0 aromatic heterocycles. The zero-order chi connectivity index (χ0) is 15.9. The predicted molar refractivity (Wildman–Crippen MR) is 70.7 cm³/mol. The quantitative estimate of drug-likeness (QED) is 0.536. The molecule has 2 atom stereocenters. The molecular weight excluding hydrogens is 297 g/mol. The Balaban J connectivity index is 2.03. The third kappa shape index (κ3) is 2.51. The van der Waals surface area contributed by atoms with E-state index >= 15 is 0 Å². The van der Waals surface area contributed by atoms with Crippen LogP contribution in [0.1, 0.15) is 33.7 Å². The van der Waals surface area contributed by atoms with Crippen LogP contribution in [0.3, 0.4) is 0 Å². The summed E-state index contributed by atoms with van der Waals surface area (Å²) in [4.78, 5) is 12.2. The van der Waals surface area contributed by atoms with E-state index in [2.05, 4.69) is 0 Å². The number of halogens is 3. The predicted octanol–water partition coefficient (Wildman–Crippen LogP) is 3.09. The summed E-state index contributed by atoms with van der Waals surface area (Å²) in [7, 11) is 0. The lowest BCUT2D eigenvalue weighted by molar-refractivity contribution is 0.0742. The van der Waals surface area contributed by atoms with Crippen LogP contribution < -0.4 is 0 Å². The van der Waals surface area contributed by atoms with Crippen molar-refractivity contribution in [1.82, 2.24) is 0 Å². The van der Waals surface area contributed by atoms with Crippen LogP contribution in [0, 0.1) is 17.5 Å². The van der Waals surface area contributed by atoms with E-state index in [-0.39, 0.29) is 12.2 Å². The number of aliphatic hydroxyl groups excluding tert-OH is 1. The molecule has 0 saturated carbocycles. The van der Waals surface area contributed by atoms with Gasteiger partial charge in [-0.05, 0) is 11.6 Å². The van der Waals surface area contributed by atoms with Crippen molar-refractivity contribution in [3.05, 3.63) is 70.5 Å². The Labute approximate surface area is 124 Å². The fourth-order valence-electron chi connectivity index (χ4n) is 2.23. The summed E-state index contributed by atoms with van der Waals surface area (Å²) in [5, 5.41) is 10.0. The summed E-state index contributed by atoms with van der Waals surface area (Å²) in [5.74, 6) is -4.95. The van der Waals surface area contributed by atoms with Gasteiger partial charge in [0.1, 0.15) is 18.0 Å². The molecule has 6 heteroatoms. The minimum absolute atomic E-state index is 0.0617. The molecule has 0 amide bonds. The van der Waals surface area contributed by atoms with Crippen molar-refractivity contribution in [2.45, 2.75) is 12.2 Å². The van der Waals surface area contributed by atoms with Gasteiger partial charge in [0.15, 0.2) is 17.4 Å². The number of hydrogen-bond acceptors (Lipinski definition) is 3. The molecule has 3 nitrogen and oxygen atoms in total. The minimum Gasteiger partial charge on any atom is -0.380 e. The Morgan fingerprint density at radius 1 is 1.18 bits per heavy atom. The normalized spacial score (nSPS) is 18.1. The van der Waals surface area contributed by atoms with E-state index < -0.39 is 46.6 Å². The van der Waals surface area contributed by atoms with Crippen molar-refractivity contribution in [3.63, 3.8) is 0 Å². The van der Waals surface area contributed by atoms with Gasteiger partial charge in [-0.2, -0.15) is 0 Å². The molecule has 2 aromatic carbocycles. The number of Topliss-reactive ketones (excluding diaryl/α,β-unsaturated/α-hetero) is 1. The van der Waals surface area contributed by atoms with Crippen molar-refractivity contribution in [2.24, 2.45) is 0 Å². The number of carbonyl (C=O) groups excluding carboxylic acids is 1. The summed E-state index contributed by atoms with van der Waals surface area (Å²) in [5.41, 5.74) is -1.06. The van der Waals surface area contributed by atoms with Crippen molar-refractivity contribution in [2.75, 3.05) is 6.61 Å². The number of ketones is 1. The first-order valence-electron chi connectivity index (χ1n) is 6.57. The van der Waals surface area contributed by atoms with Crippen LogP contribution in [-0.2, 0) is 4.74 Å². The van der Waals surface area contributed by atoms with E-state index in [9.17, 15) is 23.1 Å². The van der Waals surface area contributed by atoms with Crippen molar-refractivity contribution in [3.8, 4) is 0 Å². The van der Waals surface area contributed by atoms with Gasteiger partial charge in [-0.15, -0.1) is 0 Å². The van der Waals surface area contributed by atoms with Crippen molar-refractivity contribution in [1.29, 1.82) is 0 Å². The maximum absolute atomic E-state index is 14.3. The number of ether oxygens (including phenoxy) is 1. The largest absolute Gasteiger partial charge is 0.380 e. The third-order valence-electron chi connectivity index (χ3n) is 3.47. The first kappa shape index (κ1) is 14.7. The average Bonchev–Trinajstić information content (AvgIpc) is 3.35. The first-order chi connectivity index (χ1) is 10.5. The fourth-order valence-corrected chi connectivity index (χ4v) is 2.23. The van der Waals surface area contributed by atoms with Crippen molar-refractivity contribution < 1.29 is 27.8 Å². The Morgan fingerprint density at radius 2 is 1.82 bits per heavy atom. The van der Waals surface area contributed by atoms with Gasteiger partial charge in [-0.3, -0.25) is 4.79 Å². The molecule has 1 aliphatic rings. The number of hydrogen-bond donors (Lipinski definition) is 1. The van der Waals surface area contributed by atoms with E-state index in [1.165, 1.54) is 12.1 Å². The van der Waals surface area contributed by atoms with Crippen LogP contribution in [-0.4, -0.2) is 17.5 Å². The fraction of sp³-hybridized carbons (Fsp3) is 0.188. The van der Waals surface area contributed by atoms with Gasteiger partial charge in [0.05, 0.1) is 17.7 Å². The zero-order valence-corrected chi connectivity index (χ0v) is 11.2. The van der Waals surface area contributed by atoms with Gasteiger partial charge in [-0.1, -0.05) is 30.3 Å². The number of epoxide rings is 1. The topological polar surface area (TPSA) is 49.8 Å². The first-order valence-corrected chi connectivity index (χ1v) is 6.57. The lowest BCUT2D eigenvalue weighted by Crippen LogP contribution is -2.16. The molecule has 1 N–H and O–H groups in total. The lowest BCUT2D eigenvalue weighted by Gasteiger charge is -2.13. The summed E-state index contributed by atoms with van der Waals surface area (Å²) < 4.78 is 46.3. The molecule has 1 aliphatic heterocycles. The van der Waals surface area contributed by atoms with Gasteiger partial charge in [-0.25, -0.2) is 13.2 Å². The SMILES string of the molecule is O=C(c1cc(F)c(F)c([C@H]2CO2)c1F)C(O)c1ccccc1. The monoisotopic (exact) mass is 308 g/mol. The van der Waals surface area contributed by atoms with Gasteiger partial charge in [0, 0.05) is 0 Å². The standard InChI is InChI=1S/C16H11F3O3/c17-10-6-9(13(18)12(14(10)19)11-7-22-11)16(21)15(20)8-4-2-1-3-5-8/h1-6,11,15,20H,7H2/t11-,15?/m1/s1. The molecule has 114 valence electrons. The molecule has 1 saturated heterocycles. The Hall–Kier alpha value is -2.18. The van der Waals surface area contributed by atoms with Crippen LogP contribution in [0.25, 0.3) is 0 Å². The van der Waals surface area contributed by atoms with Gasteiger partial charge in [0.2, 0.25) is 0 Å². The molecule has 22 heavy (non-hydrogen) atoms. The second-order valence-electron chi connectivity index (χ2n) is 4.95. The van der Waals surface area contributed by atoms with E-state index in [0.29, 0.717) is 6.07 Å². The number of aliphatic hydroxyl groups is 1. The maximum atomic E-state index is 14.3. The maximum Gasteiger partial charge on any atom is 0.198 e.